The number of hydrogen-bond acceptors (Lipinski definition) is 4. The van der Waals surface area contributed by atoms with Gasteiger partial charge in [0.25, 0.3) is 0 Å². The summed E-state index contributed by atoms with van der Waals surface area (Å²) < 4.78 is 1.76. The van der Waals surface area contributed by atoms with Crippen molar-refractivity contribution in [3.8, 4) is 0 Å². The van der Waals surface area contributed by atoms with Crippen molar-refractivity contribution in [2.75, 3.05) is 19.6 Å². The summed E-state index contributed by atoms with van der Waals surface area (Å²) in [5.74, 6) is 0.656. The summed E-state index contributed by atoms with van der Waals surface area (Å²) in [5, 5.41) is 7.12. The monoisotopic (exact) mass is 361 g/mol. The molecular weight excluding hydrogens is 330 g/mol. The van der Waals surface area contributed by atoms with Crippen molar-refractivity contribution in [1.82, 2.24) is 24.9 Å². The van der Waals surface area contributed by atoms with Crippen LogP contribution < -0.4 is 5.32 Å². The van der Waals surface area contributed by atoms with Crippen molar-refractivity contribution in [2.24, 2.45) is 13.0 Å². The maximum absolute atomic E-state index is 13.0. The molecule has 7 nitrogen and oxygen atoms in total. The van der Waals surface area contributed by atoms with E-state index in [4.69, 9.17) is 0 Å². The molecule has 1 aromatic rings. The average molecular weight is 361 g/mol. The molecule has 3 rings (SSSR count). The lowest BCUT2D eigenvalue weighted by atomic mass is 10.0. The lowest BCUT2D eigenvalue weighted by Crippen LogP contribution is -2.57. The summed E-state index contributed by atoms with van der Waals surface area (Å²) >= 11 is 0. The highest BCUT2D eigenvalue weighted by Gasteiger charge is 2.37. The van der Waals surface area contributed by atoms with Crippen LogP contribution in [0, 0.1) is 5.92 Å². The molecule has 2 heterocycles. The Balaban J connectivity index is 1.65. The normalized spacial score (nSPS) is 21.1. The average Bonchev–Trinajstić information content (AvgIpc) is 3.35. The third-order valence-electron chi connectivity index (χ3n) is 5.22. The van der Waals surface area contributed by atoms with E-state index in [1.54, 1.807) is 4.68 Å². The van der Waals surface area contributed by atoms with Crippen LogP contribution in [0.25, 0.3) is 0 Å². The molecule has 0 unspecified atom stereocenters. The van der Waals surface area contributed by atoms with E-state index in [9.17, 15) is 9.59 Å². The molecule has 1 atom stereocenters. The molecule has 1 aliphatic heterocycles. The van der Waals surface area contributed by atoms with Gasteiger partial charge in [0, 0.05) is 44.5 Å². The van der Waals surface area contributed by atoms with Crippen LogP contribution in [0.1, 0.15) is 45.1 Å². The second kappa shape index (κ2) is 8.20. The lowest BCUT2D eigenvalue weighted by Gasteiger charge is -2.36. The number of nitrogens with zero attached hydrogens (tertiary/aromatic N) is 4. The first-order chi connectivity index (χ1) is 12.4. The van der Waals surface area contributed by atoms with Crippen molar-refractivity contribution in [3.05, 3.63) is 18.0 Å². The highest BCUT2D eigenvalue weighted by atomic mass is 16.2. The van der Waals surface area contributed by atoms with E-state index in [0.717, 1.165) is 37.9 Å². The second-order valence-corrected chi connectivity index (χ2v) is 8.00. The van der Waals surface area contributed by atoms with Crippen LogP contribution in [-0.2, 0) is 23.2 Å². The molecule has 0 aromatic carbocycles. The fourth-order valence-electron chi connectivity index (χ4n) is 3.52. The number of piperazine rings is 1. The van der Waals surface area contributed by atoms with E-state index in [1.165, 1.54) is 0 Å². The van der Waals surface area contributed by atoms with Gasteiger partial charge in [-0.3, -0.25) is 19.2 Å². The molecule has 1 N–H and O–H groups in total. The van der Waals surface area contributed by atoms with Crippen LogP contribution >= 0.6 is 0 Å². The summed E-state index contributed by atoms with van der Waals surface area (Å²) in [6.45, 7) is 7.32. The Hall–Kier alpha value is -1.89. The Labute approximate surface area is 155 Å². The number of carbonyl (C=O) groups excluding carboxylic acids is 2. The second-order valence-electron chi connectivity index (χ2n) is 8.00. The first-order valence-corrected chi connectivity index (χ1v) is 9.72. The largest absolute Gasteiger partial charge is 0.353 e. The lowest BCUT2D eigenvalue weighted by molar-refractivity contribution is -0.139. The minimum absolute atomic E-state index is 0.00881. The summed E-state index contributed by atoms with van der Waals surface area (Å²) in [5.41, 5.74) is 1.04. The number of carbonyl (C=O) groups is 2. The van der Waals surface area contributed by atoms with Crippen LogP contribution in [0.2, 0.25) is 0 Å². The van der Waals surface area contributed by atoms with Crippen molar-refractivity contribution < 1.29 is 9.59 Å². The molecule has 2 aliphatic rings. The van der Waals surface area contributed by atoms with E-state index >= 15 is 0 Å². The van der Waals surface area contributed by atoms with Crippen LogP contribution in [-0.4, -0.2) is 63.1 Å². The Morgan fingerprint density at radius 2 is 2.19 bits per heavy atom. The van der Waals surface area contributed by atoms with Gasteiger partial charge in [-0.1, -0.05) is 13.8 Å². The molecule has 0 spiro atoms. The van der Waals surface area contributed by atoms with Crippen molar-refractivity contribution in [2.45, 2.75) is 58.2 Å². The molecule has 0 bridgehead atoms. The van der Waals surface area contributed by atoms with Gasteiger partial charge in [-0.25, -0.2) is 0 Å². The molecule has 1 saturated heterocycles. The highest BCUT2D eigenvalue weighted by molar-refractivity contribution is 5.89. The molecule has 2 amide bonds. The summed E-state index contributed by atoms with van der Waals surface area (Å²) in [7, 11) is 1.88. The molecule has 1 saturated carbocycles. The zero-order chi connectivity index (χ0) is 18.7. The SMILES string of the molecule is CC(C)CCN1CCNC(=O)[C@H]1CC(=O)N(Cc1cnn(C)c1)C1CC1. The third kappa shape index (κ3) is 4.84. The quantitative estimate of drug-likeness (QED) is 0.754. The number of nitrogens with one attached hydrogen (secondary N) is 1. The van der Waals surface area contributed by atoms with Gasteiger partial charge in [-0.05, 0) is 31.7 Å². The molecule has 2 fully saturated rings. The number of aryl methyl sites for hydroxylation is 1. The smallest absolute Gasteiger partial charge is 0.237 e. The van der Waals surface area contributed by atoms with Gasteiger partial charge < -0.3 is 10.2 Å². The van der Waals surface area contributed by atoms with Crippen LogP contribution in [0.5, 0.6) is 0 Å². The van der Waals surface area contributed by atoms with Gasteiger partial charge >= 0.3 is 0 Å². The van der Waals surface area contributed by atoms with Crippen LogP contribution in [0.3, 0.4) is 0 Å². The van der Waals surface area contributed by atoms with Gasteiger partial charge in [0.15, 0.2) is 0 Å². The number of aromatic nitrogens is 2. The number of hydrogen-bond donors (Lipinski definition) is 1. The zero-order valence-electron chi connectivity index (χ0n) is 16.1. The van der Waals surface area contributed by atoms with Crippen LogP contribution in [0.4, 0.5) is 0 Å². The predicted octanol–water partition coefficient (Wildman–Crippen LogP) is 1.15. The molecule has 26 heavy (non-hydrogen) atoms. The fourth-order valence-corrected chi connectivity index (χ4v) is 3.52. The Morgan fingerprint density at radius 3 is 2.81 bits per heavy atom. The van der Waals surface area contributed by atoms with E-state index in [2.05, 4.69) is 29.2 Å². The molecule has 7 heteroatoms. The Bertz CT molecular complexity index is 638. The zero-order valence-corrected chi connectivity index (χ0v) is 16.1. The maximum atomic E-state index is 13.0. The van der Waals surface area contributed by atoms with E-state index in [0.29, 0.717) is 25.0 Å². The van der Waals surface area contributed by atoms with E-state index in [-0.39, 0.29) is 24.3 Å². The predicted molar refractivity (Wildman–Crippen MR) is 99.2 cm³/mol. The first-order valence-electron chi connectivity index (χ1n) is 9.72. The van der Waals surface area contributed by atoms with Crippen molar-refractivity contribution in [1.29, 1.82) is 0 Å². The van der Waals surface area contributed by atoms with Gasteiger partial charge in [0.05, 0.1) is 18.7 Å². The maximum Gasteiger partial charge on any atom is 0.237 e. The topological polar surface area (TPSA) is 70.5 Å². The van der Waals surface area contributed by atoms with E-state index < -0.39 is 0 Å². The van der Waals surface area contributed by atoms with E-state index in [1.807, 2.05) is 24.3 Å². The van der Waals surface area contributed by atoms with Gasteiger partial charge in [-0.15, -0.1) is 0 Å². The highest BCUT2D eigenvalue weighted by Crippen LogP contribution is 2.29. The number of amides is 2. The third-order valence-corrected chi connectivity index (χ3v) is 5.22. The summed E-state index contributed by atoms with van der Waals surface area (Å²) in [6.07, 6.45) is 7.18. The van der Waals surface area contributed by atoms with Crippen molar-refractivity contribution >= 4 is 11.8 Å². The van der Waals surface area contributed by atoms with Crippen molar-refractivity contribution in [3.63, 3.8) is 0 Å². The van der Waals surface area contributed by atoms with Gasteiger partial charge in [-0.2, -0.15) is 5.10 Å². The fraction of sp³-hybridized carbons (Fsp3) is 0.737. The summed E-state index contributed by atoms with van der Waals surface area (Å²) in [6, 6.07) is -0.0244. The Morgan fingerprint density at radius 1 is 1.42 bits per heavy atom. The standard InChI is InChI=1S/C19H31N5O2/c1-14(2)6-8-23-9-7-20-19(26)17(23)10-18(25)24(16-4-5-16)13-15-11-21-22(3)12-15/h11-12,14,16-17H,4-10,13H2,1-3H3,(H,20,26)/t17-/m1/s1. The minimum Gasteiger partial charge on any atom is -0.353 e. The van der Waals surface area contributed by atoms with Gasteiger partial charge in [0.2, 0.25) is 11.8 Å². The Kier molecular flexibility index (Phi) is 5.96. The first kappa shape index (κ1) is 18.9. The molecule has 1 aromatic heterocycles. The molecule has 1 aliphatic carbocycles. The molecule has 144 valence electrons. The molecular formula is C19H31N5O2. The number of rotatable bonds is 8. The summed E-state index contributed by atoms with van der Waals surface area (Å²) in [4.78, 5) is 29.6. The minimum atomic E-state index is -0.342. The van der Waals surface area contributed by atoms with Crippen LogP contribution in [0.15, 0.2) is 12.4 Å². The molecule has 0 radical (unpaired) electrons. The van der Waals surface area contributed by atoms with Gasteiger partial charge in [0.1, 0.15) is 0 Å².